The fourth-order valence-corrected chi connectivity index (χ4v) is 3.19. The van der Waals surface area contributed by atoms with Crippen molar-refractivity contribution in [3.63, 3.8) is 0 Å². The predicted molar refractivity (Wildman–Crippen MR) is 99.0 cm³/mol. The number of aryl methyl sites for hydroxylation is 1. The van der Waals surface area contributed by atoms with Crippen LogP contribution in [-0.4, -0.2) is 21.4 Å². The van der Waals surface area contributed by atoms with E-state index in [0.717, 1.165) is 16.8 Å². The minimum absolute atomic E-state index is 0.0438. The molecule has 8 heteroatoms. The first-order valence-electron chi connectivity index (χ1n) is 8.21. The normalized spacial score (nSPS) is 15.9. The van der Waals surface area contributed by atoms with Gasteiger partial charge in [0.25, 0.3) is 0 Å². The summed E-state index contributed by atoms with van der Waals surface area (Å²) in [5, 5.41) is 7.85. The number of hydrogen-bond acceptors (Lipinski definition) is 4. The smallest absolute Gasteiger partial charge is 0.387 e. The molecule has 5 nitrogen and oxygen atoms in total. The Morgan fingerprint density at radius 1 is 1.19 bits per heavy atom. The van der Waals surface area contributed by atoms with Gasteiger partial charge in [-0.3, -0.25) is 0 Å². The molecular weight excluding hydrogens is 374 g/mol. The van der Waals surface area contributed by atoms with E-state index in [0.29, 0.717) is 16.5 Å². The number of allylic oxidation sites excluding steroid dienone is 1. The van der Waals surface area contributed by atoms with E-state index in [-0.39, 0.29) is 5.75 Å². The number of rotatable bonds is 4. The molecule has 1 aliphatic rings. The Morgan fingerprint density at radius 3 is 2.70 bits per heavy atom. The maximum absolute atomic E-state index is 12.9. The highest BCUT2D eigenvalue weighted by Crippen LogP contribution is 2.37. The first-order chi connectivity index (χ1) is 13.0. The zero-order valence-electron chi connectivity index (χ0n) is 14.2. The van der Waals surface area contributed by atoms with Gasteiger partial charge in [-0.05, 0) is 36.8 Å². The van der Waals surface area contributed by atoms with Crippen LogP contribution >= 0.6 is 11.6 Å². The largest absolute Gasteiger partial charge is 0.434 e. The number of nitrogens with zero attached hydrogens (tertiary/aromatic N) is 3. The van der Waals surface area contributed by atoms with Gasteiger partial charge in [0.2, 0.25) is 5.95 Å². The van der Waals surface area contributed by atoms with Crippen LogP contribution in [-0.2, 0) is 0 Å². The van der Waals surface area contributed by atoms with Crippen molar-refractivity contribution in [2.45, 2.75) is 19.6 Å². The molecule has 3 aromatic rings. The summed E-state index contributed by atoms with van der Waals surface area (Å²) < 4.78 is 32.0. The second-order valence-electron chi connectivity index (χ2n) is 6.11. The van der Waals surface area contributed by atoms with Gasteiger partial charge in [0.1, 0.15) is 18.1 Å². The van der Waals surface area contributed by atoms with E-state index in [9.17, 15) is 8.78 Å². The Hall–Kier alpha value is -2.93. The number of fused-ring (bicyclic) bond motifs is 1. The van der Waals surface area contributed by atoms with Crippen molar-refractivity contribution >= 4 is 23.2 Å². The van der Waals surface area contributed by atoms with Gasteiger partial charge < -0.3 is 10.1 Å². The number of ether oxygens (including phenoxy) is 1. The van der Waals surface area contributed by atoms with E-state index in [1.807, 2.05) is 37.3 Å². The van der Waals surface area contributed by atoms with Crippen molar-refractivity contribution < 1.29 is 13.5 Å². The Bertz CT molecular complexity index is 1000. The van der Waals surface area contributed by atoms with E-state index in [4.69, 9.17) is 16.3 Å². The molecule has 1 atom stereocenters. The Kier molecular flexibility index (Phi) is 4.53. The minimum atomic E-state index is -2.94. The molecule has 0 aliphatic carbocycles. The number of anilines is 1. The number of alkyl halides is 2. The highest BCUT2D eigenvalue weighted by Gasteiger charge is 2.27. The molecule has 2 aromatic carbocycles. The molecule has 1 aromatic heterocycles. The van der Waals surface area contributed by atoms with Crippen molar-refractivity contribution in [2.75, 3.05) is 5.32 Å². The van der Waals surface area contributed by atoms with Crippen molar-refractivity contribution in [3.8, 4) is 5.75 Å². The maximum atomic E-state index is 12.9. The van der Waals surface area contributed by atoms with E-state index in [2.05, 4.69) is 15.4 Å². The SMILES string of the molecule is Cc1ccc(C2=C[C@H](c3cc(Cl)ccc3OC(F)F)n3ncnc3N2)cc1. The molecule has 0 saturated carbocycles. The molecule has 1 N–H and O–H groups in total. The molecule has 27 heavy (non-hydrogen) atoms. The molecule has 0 bridgehead atoms. The van der Waals surface area contributed by atoms with Crippen molar-refractivity contribution in [1.82, 2.24) is 14.8 Å². The van der Waals surface area contributed by atoms with Gasteiger partial charge in [-0.1, -0.05) is 41.4 Å². The molecule has 0 unspecified atom stereocenters. The lowest BCUT2D eigenvalue weighted by Crippen LogP contribution is -2.21. The second-order valence-corrected chi connectivity index (χ2v) is 6.54. The van der Waals surface area contributed by atoms with Crippen LogP contribution in [0.25, 0.3) is 5.70 Å². The zero-order chi connectivity index (χ0) is 19.0. The lowest BCUT2D eigenvalue weighted by Gasteiger charge is -2.26. The maximum Gasteiger partial charge on any atom is 0.387 e. The first-order valence-corrected chi connectivity index (χ1v) is 8.59. The Labute approximate surface area is 159 Å². The quantitative estimate of drug-likeness (QED) is 0.690. The number of benzene rings is 2. The average Bonchev–Trinajstić information content (AvgIpc) is 3.11. The second kappa shape index (κ2) is 7.00. The third kappa shape index (κ3) is 3.50. The van der Waals surface area contributed by atoms with Crippen molar-refractivity contribution in [3.05, 3.63) is 76.6 Å². The summed E-state index contributed by atoms with van der Waals surface area (Å²) in [5.41, 5.74) is 3.35. The Balaban J connectivity index is 1.83. The fourth-order valence-electron chi connectivity index (χ4n) is 3.01. The Morgan fingerprint density at radius 2 is 1.96 bits per heavy atom. The highest BCUT2D eigenvalue weighted by molar-refractivity contribution is 6.30. The van der Waals surface area contributed by atoms with Crippen molar-refractivity contribution in [2.24, 2.45) is 0 Å². The standard InChI is InChI=1S/C19H15ClF2N4O/c1-11-2-4-12(5-3-11)15-9-16(26-19(25-15)23-10-24-26)14-8-13(20)6-7-17(14)27-18(21)22/h2-10,16,18H,1H3,(H,23,24,25)/t16-/m1/s1. The van der Waals surface area contributed by atoms with Crippen LogP contribution in [0.15, 0.2) is 54.9 Å². The third-order valence-corrected chi connectivity index (χ3v) is 4.51. The summed E-state index contributed by atoms with van der Waals surface area (Å²) in [6.07, 6.45) is 3.29. The number of hydrogen-bond donors (Lipinski definition) is 1. The highest BCUT2D eigenvalue weighted by atomic mass is 35.5. The van der Waals surface area contributed by atoms with E-state index < -0.39 is 12.7 Å². The molecule has 0 fully saturated rings. The summed E-state index contributed by atoms with van der Waals surface area (Å²) in [4.78, 5) is 4.22. The number of aromatic nitrogens is 3. The van der Waals surface area contributed by atoms with Crippen LogP contribution in [0.1, 0.15) is 22.7 Å². The van der Waals surface area contributed by atoms with Crippen LogP contribution < -0.4 is 10.1 Å². The molecule has 0 spiro atoms. The first kappa shape index (κ1) is 17.5. The van der Waals surface area contributed by atoms with Crippen LogP contribution in [0, 0.1) is 6.92 Å². The van der Waals surface area contributed by atoms with Gasteiger partial charge in [-0.2, -0.15) is 18.9 Å². The van der Waals surface area contributed by atoms with Gasteiger partial charge in [0.05, 0.1) is 0 Å². The molecule has 1 aliphatic heterocycles. The van der Waals surface area contributed by atoms with Crippen LogP contribution in [0.2, 0.25) is 5.02 Å². The van der Waals surface area contributed by atoms with Crippen LogP contribution in [0.5, 0.6) is 5.75 Å². The third-order valence-electron chi connectivity index (χ3n) is 4.28. The lowest BCUT2D eigenvalue weighted by atomic mass is 10.0. The van der Waals surface area contributed by atoms with Crippen molar-refractivity contribution in [1.29, 1.82) is 0 Å². The molecule has 2 heterocycles. The molecule has 0 saturated heterocycles. The van der Waals surface area contributed by atoms with Gasteiger partial charge in [-0.15, -0.1) is 0 Å². The summed E-state index contributed by atoms with van der Waals surface area (Å²) in [5.74, 6) is 0.545. The summed E-state index contributed by atoms with van der Waals surface area (Å²) in [6.45, 7) is -0.936. The zero-order valence-corrected chi connectivity index (χ0v) is 15.0. The molecule has 0 amide bonds. The average molecular weight is 389 g/mol. The van der Waals surface area contributed by atoms with Crippen LogP contribution in [0.3, 0.4) is 0 Å². The van der Waals surface area contributed by atoms with Gasteiger partial charge >= 0.3 is 6.61 Å². The topological polar surface area (TPSA) is 52.0 Å². The van der Waals surface area contributed by atoms with E-state index in [1.54, 1.807) is 10.7 Å². The fraction of sp³-hybridized carbons (Fsp3) is 0.158. The predicted octanol–water partition coefficient (Wildman–Crippen LogP) is 4.90. The molecule has 138 valence electrons. The minimum Gasteiger partial charge on any atom is -0.434 e. The van der Waals surface area contributed by atoms with Gasteiger partial charge in [0, 0.05) is 16.3 Å². The summed E-state index contributed by atoms with van der Waals surface area (Å²) in [6, 6.07) is 12.0. The van der Waals surface area contributed by atoms with Gasteiger partial charge in [-0.25, -0.2) is 4.68 Å². The molecule has 0 radical (unpaired) electrons. The summed E-state index contributed by atoms with van der Waals surface area (Å²) in [7, 11) is 0. The van der Waals surface area contributed by atoms with Gasteiger partial charge in [0.15, 0.2) is 0 Å². The monoisotopic (exact) mass is 388 g/mol. The molecular formula is C19H15ClF2N4O. The lowest BCUT2D eigenvalue weighted by molar-refractivity contribution is -0.0506. The molecule has 4 rings (SSSR count). The van der Waals surface area contributed by atoms with E-state index in [1.165, 1.54) is 18.5 Å². The summed E-state index contributed by atoms with van der Waals surface area (Å²) >= 11 is 6.12. The number of halogens is 3. The van der Waals surface area contributed by atoms with Crippen LogP contribution in [0.4, 0.5) is 14.7 Å². The number of nitrogens with one attached hydrogen (secondary N) is 1. The van der Waals surface area contributed by atoms with E-state index >= 15 is 0 Å².